The number of hydrogen-bond acceptors (Lipinski definition) is 22. The molecule has 2 fully saturated rings. The van der Waals surface area contributed by atoms with Crippen LogP contribution in [0.2, 0.25) is 0 Å². The van der Waals surface area contributed by atoms with E-state index in [4.69, 9.17) is 18.9 Å². The molecule has 8 N–H and O–H groups in total. The largest absolute Gasteiger partial charge is 0.461 e. The second-order valence-corrected chi connectivity index (χ2v) is 26.1. The van der Waals surface area contributed by atoms with Gasteiger partial charge in [0.25, 0.3) is 0 Å². The zero-order chi connectivity index (χ0) is 69.7. The Morgan fingerprint density at radius 3 is 0.717 bits per heavy atom. The molecule has 0 spiro atoms. The number of aliphatic hydroxyl groups is 8. The number of ether oxygens (including phenoxy) is 4. The molecule has 530 valence electrons. The van der Waals surface area contributed by atoms with Crippen molar-refractivity contribution in [3.05, 3.63) is 0 Å². The van der Waals surface area contributed by atoms with Gasteiger partial charge in [-0.25, -0.2) is 0 Å². The van der Waals surface area contributed by atoms with Crippen LogP contribution in [0, 0.1) is 23.7 Å². The van der Waals surface area contributed by atoms with Crippen LogP contribution < -0.4 is 0 Å². The van der Waals surface area contributed by atoms with Crippen molar-refractivity contribution in [2.75, 3.05) is 78.5 Å². The lowest BCUT2D eigenvalue weighted by Crippen LogP contribution is -2.52. The number of aliphatic hydroxyl groups excluding tert-OH is 8. The van der Waals surface area contributed by atoms with Gasteiger partial charge >= 0.3 is 23.9 Å². The van der Waals surface area contributed by atoms with E-state index in [1.54, 1.807) is 6.92 Å². The number of rotatable bonds is 41. The molecule has 28 nitrogen and oxygen atoms in total. The van der Waals surface area contributed by atoms with Crippen LogP contribution in [0.15, 0.2) is 0 Å². The summed E-state index contributed by atoms with van der Waals surface area (Å²) in [4.78, 5) is 146. The lowest BCUT2D eigenvalue weighted by Gasteiger charge is -2.39. The van der Waals surface area contributed by atoms with Crippen molar-refractivity contribution in [3.63, 3.8) is 0 Å². The smallest absolute Gasteiger partial charge is 0.310 e. The van der Waals surface area contributed by atoms with Gasteiger partial charge in [0.15, 0.2) is 0 Å². The van der Waals surface area contributed by atoms with Crippen LogP contribution >= 0.6 is 0 Å². The van der Waals surface area contributed by atoms with Crippen molar-refractivity contribution in [2.24, 2.45) is 23.7 Å². The molecule has 2 aliphatic rings. The molecule has 2 saturated carbocycles. The van der Waals surface area contributed by atoms with E-state index in [0.717, 1.165) is 0 Å². The van der Waals surface area contributed by atoms with E-state index in [-0.39, 0.29) is 111 Å². The predicted molar refractivity (Wildman–Crippen MR) is 334 cm³/mol. The summed E-state index contributed by atoms with van der Waals surface area (Å²) >= 11 is 0. The molecule has 0 aromatic carbocycles. The van der Waals surface area contributed by atoms with Gasteiger partial charge in [-0.05, 0) is 109 Å². The summed E-state index contributed by atoms with van der Waals surface area (Å²) < 4.78 is 23.3. The Labute approximate surface area is 543 Å². The molecule has 0 saturated heterocycles. The molecule has 6 amide bonds. The average Bonchev–Trinajstić information content (AvgIpc) is 0.839. The van der Waals surface area contributed by atoms with E-state index < -0.39 is 176 Å². The maximum atomic E-state index is 15.4. The number of carbonyl (C=O) groups is 10. The SMILES string of the molecule is CC(O)CN(CC(C)O)C(=O)CCC(=O)OC(C)CN(CC(C)OC(=O)CCC(=O)N(CC(C)O)CC(C)O)C(=O)C1CCCCC1C(=O)N(CC(C)OC(=O)CCC(=O)N(CC(C)O)CC(C)O)CC(C)OC(=O)C1CCCCC1C(=O)N(CC(C)O)CC(C)O. The fourth-order valence-electron chi connectivity index (χ4n) is 11.9. The Hall–Kier alpha value is -5.62. The van der Waals surface area contributed by atoms with Crippen molar-refractivity contribution in [3.8, 4) is 0 Å². The Kier molecular flexibility index (Phi) is 37.6. The molecule has 0 heterocycles. The van der Waals surface area contributed by atoms with Crippen LogP contribution in [-0.2, 0) is 66.9 Å². The molecule has 92 heavy (non-hydrogen) atoms. The third-order valence-corrected chi connectivity index (χ3v) is 15.5. The third-order valence-electron chi connectivity index (χ3n) is 15.5. The molecule has 28 heteroatoms. The topological polar surface area (TPSA) is 389 Å². The van der Waals surface area contributed by atoms with Crippen molar-refractivity contribution in [1.29, 1.82) is 0 Å². The van der Waals surface area contributed by atoms with E-state index in [9.17, 15) is 79.2 Å². The van der Waals surface area contributed by atoms with E-state index in [1.807, 2.05) is 0 Å². The average molecular weight is 1320 g/mol. The van der Waals surface area contributed by atoms with Gasteiger partial charge in [0.05, 0.1) is 106 Å². The zero-order valence-electron chi connectivity index (χ0n) is 56.6. The Morgan fingerprint density at radius 2 is 0.478 bits per heavy atom. The van der Waals surface area contributed by atoms with Crippen LogP contribution in [0.4, 0.5) is 0 Å². The minimum absolute atomic E-state index is 0.0793. The van der Waals surface area contributed by atoms with E-state index in [1.165, 1.54) is 106 Å². The van der Waals surface area contributed by atoms with Gasteiger partial charge in [0, 0.05) is 83.5 Å². The van der Waals surface area contributed by atoms with Crippen LogP contribution in [0.1, 0.15) is 173 Å². The summed E-state index contributed by atoms with van der Waals surface area (Å²) in [5, 5.41) is 80.3. The minimum Gasteiger partial charge on any atom is -0.461 e. The first kappa shape index (κ1) is 82.5. The normalized spacial score (nSPS) is 20.5. The van der Waals surface area contributed by atoms with Gasteiger partial charge in [-0.2, -0.15) is 0 Å². The molecule has 0 aromatic rings. The quantitative estimate of drug-likeness (QED) is 0.0308. The second kappa shape index (κ2) is 41.9. The number of carbonyl (C=O) groups excluding carboxylic acids is 10. The summed E-state index contributed by atoms with van der Waals surface area (Å²) in [7, 11) is 0. The van der Waals surface area contributed by atoms with Crippen molar-refractivity contribution in [2.45, 2.75) is 246 Å². The highest BCUT2D eigenvalue weighted by molar-refractivity contribution is 5.89. The number of esters is 4. The first-order chi connectivity index (χ1) is 43.0. The molecule has 2 rings (SSSR count). The van der Waals surface area contributed by atoms with Crippen LogP contribution in [0.25, 0.3) is 0 Å². The molecule has 0 aromatic heterocycles. The highest BCUT2D eigenvalue weighted by Gasteiger charge is 2.43. The standard InChI is InChI=1S/C64H112N6O22/c1-39(71)27-65(28-40(2)72)55(79)21-24-58(82)89-47(9)35-69(36-48(10)90-59(83)25-22-56(80)66(29-41(3)73)30-42(4)74)61(85)51-17-13-14-18-52(51)62(86)70(37-49(11)91-60(84)26-23-57(81)67(31-43(5)75)32-44(6)76)38-50(12)92-64(88)54-20-16-15-19-53(54)63(87)68(33-45(7)77)34-46(8)78/h39-54,71-78H,13-38H2,1-12H3. The lowest BCUT2D eigenvalue weighted by atomic mass is 9.77. The van der Waals surface area contributed by atoms with Crippen LogP contribution in [0.5, 0.6) is 0 Å². The molecule has 16 atom stereocenters. The molecule has 16 unspecified atom stereocenters. The Balaban J connectivity index is 2.60. The van der Waals surface area contributed by atoms with Crippen molar-refractivity contribution < 1.29 is 108 Å². The number of amides is 6. The van der Waals surface area contributed by atoms with Crippen molar-refractivity contribution >= 4 is 59.3 Å². The first-order valence-electron chi connectivity index (χ1n) is 32.9. The van der Waals surface area contributed by atoms with Gasteiger partial charge in [0.2, 0.25) is 35.4 Å². The first-order valence-corrected chi connectivity index (χ1v) is 32.9. The van der Waals surface area contributed by atoms with Gasteiger partial charge in [-0.15, -0.1) is 0 Å². The second-order valence-electron chi connectivity index (χ2n) is 26.1. The maximum absolute atomic E-state index is 15.4. The summed E-state index contributed by atoms with van der Waals surface area (Å²) in [6.07, 6.45) is -10.6. The van der Waals surface area contributed by atoms with Crippen LogP contribution in [0.3, 0.4) is 0 Å². The third kappa shape index (κ3) is 32.0. The van der Waals surface area contributed by atoms with Gasteiger partial charge in [0.1, 0.15) is 24.4 Å². The summed E-state index contributed by atoms with van der Waals surface area (Å²) in [6, 6.07) is 0. The van der Waals surface area contributed by atoms with Crippen LogP contribution in [-0.4, -0.2) is 281 Å². The predicted octanol–water partition coefficient (Wildman–Crippen LogP) is 0.685. The van der Waals surface area contributed by atoms with E-state index in [0.29, 0.717) is 38.5 Å². The maximum Gasteiger partial charge on any atom is 0.310 e. The van der Waals surface area contributed by atoms with Gasteiger partial charge in [-0.3, -0.25) is 47.9 Å². The molecular formula is C64H112N6O22. The van der Waals surface area contributed by atoms with Gasteiger partial charge in [-0.1, -0.05) is 25.7 Å². The monoisotopic (exact) mass is 1320 g/mol. The summed E-state index contributed by atoms with van der Waals surface area (Å²) in [5.74, 6) is -10.2. The molecule has 0 bridgehead atoms. The fraction of sp³-hybridized carbons (Fsp3) is 0.844. The molecule has 0 aliphatic heterocycles. The highest BCUT2D eigenvalue weighted by atomic mass is 16.6. The van der Waals surface area contributed by atoms with Gasteiger partial charge < -0.3 is 89.2 Å². The number of nitrogens with zero attached hydrogens (tertiary/aromatic N) is 6. The molecule has 0 radical (unpaired) electrons. The molecular weight excluding hydrogens is 1200 g/mol. The van der Waals surface area contributed by atoms with E-state index >= 15 is 9.59 Å². The lowest BCUT2D eigenvalue weighted by molar-refractivity contribution is -0.165. The van der Waals surface area contributed by atoms with Crippen molar-refractivity contribution in [1.82, 2.24) is 29.4 Å². The molecule has 2 aliphatic carbocycles. The zero-order valence-corrected chi connectivity index (χ0v) is 56.6. The number of hydrogen-bond donors (Lipinski definition) is 8. The summed E-state index contributed by atoms with van der Waals surface area (Å²) in [5.41, 5.74) is 0. The Morgan fingerprint density at radius 1 is 0.283 bits per heavy atom. The Bertz CT molecular complexity index is 2220. The fourth-order valence-corrected chi connectivity index (χ4v) is 11.9. The highest BCUT2D eigenvalue weighted by Crippen LogP contribution is 2.35. The summed E-state index contributed by atoms with van der Waals surface area (Å²) in [6.45, 7) is 16.0. The minimum atomic E-state index is -1.06. The van der Waals surface area contributed by atoms with E-state index in [2.05, 4.69) is 0 Å².